The van der Waals surface area contributed by atoms with Crippen molar-refractivity contribution in [3.63, 3.8) is 0 Å². The van der Waals surface area contributed by atoms with Crippen LogP contribution in [0.1, 0.15) is 42.5 Å². The molecule has 3 rings (SSSR count). The van der Waals surface area contributed by atoms with Crippen LogP contribution in [0.5, 0.6) is 5.75 Å². The average Bonchev–Trinajstić information content (AvgIpc) is 2.40. The van der Waals surface area contributed by atoms with Gasteiger partial charge >= 0.3 is 0 Å². The standard InChI is InChI=1S/C15H19ClN2O2/c16-10-2-3-13(19)12(8-10)14(20)18-11-4-7-17-15(9-11)5-1-6-15/h2-3,8,11,17,19H,1,4-7,9H2,(H,18,20). The summed E-state index contributed by atoms with van der Waals surface area (Å²) in [5, 5.41) is 16.8. The Kier molecular flexibility index (Phi) is 3.61. The van der Waals surface area contributed by atoms with E-state index in [0.717, 1.165) is 19.4 Å². The number of carbonyl (C=O) groups is 1. The van der Waals surface area contributed by atoms with Crippen molar-refractivity contribution in [3.8, 4) is 5.75 Å². The summed E-state index contributed by atoms with van der Waals surface area (Å²) in [7, 11) is 0. The normalized spacial score (nSPS) is 24.1. The molecule has 1 saturated carbocycles. The molecular weight excluding hydrogens is 276 g/mol. The second-order valence-corrected chi connectivity index (χ2v) is 6.32. The van der Waals surface area contributed by atoms with Crippen LogP contribution in [0.4, 0.5) is 0 Å². The van der Waals surface area contributed by atoms with Crippen molar-refractivity contribution < 1.29 is 9.90 Å². The molecule has 1 aliphatic heterocycles. The van der Waals surface area contributed by atoms with Crippen LogP contribution in [-0.4, -0.2) is 29.1 Å². The van der Waals surface area contributed by atoms with E-state index in [2.05, 4.69) is 10.6 Å². The van der Waals surface area contributed by atoms with Gasteiger partial charge in [0, 0.05) is 16.6 Å². The molecular formula is C15H19ClN2O2. The third-order valence-electron chi connectivity index (χ3n) is 4.48. The summed E-state index contributed by atoms with van der Waals surface area (Å²) in [6.45, 7) is 0.937. The second-order valence-electron chi connectivity index (χ2n) is 5.89. The van der Waals surface area contributed by atoms with E-state index >= 15 is 0 Å². The van der Waals surface area contributed by atoms with Crippen molar-refractivity contribution in [2.24, 2.45) is 0 Å². The maximum absolute atomic E-state index is 12.3. The number of amides is 1. The molecule has 3 N–H and O–H groups in total. The predicted molar refractivity (Wildman–Crippen MR) is 78.2 cm³/mol. The molecule has 108 valence electrons. The molecule has 0 bridgehead atoms. The highest BCUT2D eigenvalue weighted by molar-refractivity contribution is 6.31. The molecule has 2 aliphatic rings. The minimum atomic E-state index is -0.244. The van der Waals surface area contributed by atoms with Gasteiger partial charge in [-0.1, -0.05) is 11.6 Å². The number of hydrogen-bond donors (Lipinski definition) is 3. The topological polar surface area (TPSA) is 61.4 Å². The van der Waals surface area contributed by atoms with Gasteiger partial charge in [0.2, 0.25) is 0 Å². The van der Waals surface area contributed by atoms with Crippen LogP contribution in [0.2, 0.25) is 5.02 Å². The summed E-state index contributed by atoms with van der Waals surface area (Å²) in [5.74, 6) is -0.273. The Hall–Kier alpha value is -1.26. The van der Waals surface area contributed by atoms with Gasteiger partial charge in [-0.05, 0) is 56.8 Å². The smallest absolute Gasteiger partial charge is 0.255 e. The van der Waals surface area contributed by atoms with E-state index in [-0.39, 0.29) is 28.8 Å². The Morgan fingerprint density at radius 2 is 2.25 bits per heavy atom. The SMILES string of the molecule is O=C(NC1CCNC2(CCC2)C1)c1cc(Cl)ccc1O. The molecule has 1 spiro atoms. The van der Waals surface area contributed by atoms with Gasteiger partial charge in [0.25, 0.3) is 5.91 Å². The molecule has 1 saturated heterocycles. The minimum Gasteiger partial charge on any atom is -0.507 e. The van der Waals surface area contributed by atoms with E-state index < -0.39 is 0 Å². The van der Waals surface area contributed by atoms with Gasteiger partial charge in [0.05, 0.1) is 5.56 Å². The monoisotopic (exact) mass is 294 g/mol. The third kappa shape index (κ3) is 2.63. The van der Waals surface area contributed by atoms with Crippen LogP contribution in [0.25, 0.3) is 0 Å². The number of benzene rings is 1. The number of hydrogen-bond acceptors (Lipinski definition) is 3. The molecule has 1 aliphatic carbocycles. The number of carbonyl (C=O) groups excluding carboxylic acids is 1. The van der Waals surface area contributed by atoms with Crippen molar-refractivity contribution in [1.29, 1.82) is 0 Å². The van der Waals surface area contributed by atoms with Gasteiger partial charge in [0.1, 0.15) is 5.75 Å². The van der Waals surface area contributed by atoms with Crippen LogP contribution in [0.3, 0.4) is 0 Å². The fourth-order valence-electron chi connectivity index (χ4n) is 3.22. The van der Waals surface area contributed by atoms with Crippen molar-refractivity contribution in [3.05, 3.63) is 28.8 Å². The van der Waals surface area contributed by atoms with Crippen molar-refractivity contribution in [2.45, 2.75) is 43.7 Å². The summed E-state index contributed by atoms with van der Waals surface area (Å²) in [4.78, 5) is 12.3. The van der Waals surface area contributed by atoms with Crippen molar-refractivity contribution in [1.82, 2.24) is 10.6 Å². The number of piperidine rings is 1. The van der Waals surface area contributed by atoms with Crippen molar-refractivity contribution >= 4 is 17.5 Å². The van der Waals surface area contributed by atoms with Crippen molar-refractivity contribution in [2.75, 3.05) is 6.54 Å². The lowest BCUT2D eigenvalue weighted by Gasteiger charge is -2.48. The van der Waals surface area contributed by atoms with E-state index in [9.17, 15) is 9.90 Å². The summed E-state index contributed by atoms with van der Waals surface area (Å²) < 4.78 is 0. The van der Waals surface area contributed by atoms with Gasteiger partial charge in [-0.25, -0.2) is 0 Å². The minimum absolute atomic E-state index is 0.0285. The maximum Gasteiger partial charge on any atom is 0.255 e. The van der Waals surface area contributed by atoms with E-state index in [1.54, 1.807) is 6.07 Å². The third-order valence-corrected chi connectivity index (χ3v) is 4.71. The fourth-order valence-corrected chi connectivity index (χ4v) is 3.39. The summed E-state index contributed by atoms with van der Waals surface area (Å²) >= 11 is 5.88. The van der Waals surface area contributed by atoms with E-state index in [0.29, 0.717) is 5.02 Å². The molecule has 2 fully saturated rings. The van der Waals surface area contributed by atoms with Crippen LogP contribution in [0.15, 0.2) is 18.2 Å². The fraction of sp³-hybridized carbons (Fsp3) is 0.533. The Balaban J connectivity index is 1.67. The van der Waals surface area contributed by atoms with Crippen LogP contribution in [0, 0.1) is 0 Å². The Bertz CT molecular complexity index is 529. The molecule has 5 heteroatoms. The molecule has 1 amide bonds. The number of aromatic hydroxyl groups is 1. The maximum atomic E-state index is 12.3. The zero-order chi connectivity index (χ0) is 14.2. The first-order valence-corrected chi connectivity index (χ1v) is 7.50. The van der Waals surface area contributed by atoms with Crippen LogP contribution in [-0.2, 0) is 0 Å². The number of phenolic OH excluding ortho intramolecular Hbond substituents is 1. The predicted octanol–water partition coefficient (Wildman–Crippen LogP) is 2.45. The lowest BCUT2D eigenvalue weighted by molar-refractivity contribution is 0.0851. The molecule has 1 aromatic carbocycles. The highest BCUT2D eigenvalue weighted by Gasteiger charge is 2.41. The first-order valence-electron chi connectivity index (χ1n) is 7.12. The average molecular weight is 295 g/mol. The summed E-state index contributed by atoms with van der Waals surface area (Å²) in [6, 6.07) is 4.70. The number of halogens is 1. The Morgan fingerprint density at radius 1 is 1.45 bits per heavy atom. The van der Waals surface area contributed by atoms with Gasteiger partial charge < -0.3 is 15.7 Å². The molecule has 1 unspecified atom stereocenters. The molecule has 0 radical (unpaired) electrons. The van der Waals surface area contributed by atoms with E-state index in [4.69, 9.17) is 11.6 Å². The lowest BCUT2D eigenvalue weighted by Crippen LogP contribution is -2.59. The molecule has 1 heterocycles. The van der Waals surface area contributed by atoms with Gasteiger partial charge in [-0.15, -0.1) is 0 Å². The number of nitrogens with one attached hydrogen (secondary N) is 2. The first kappa shape index (κ1) is 13.7. The number of rotatable bonds is 2. The van der Waals surface area contributed by atoms with Crippen LogP contribution >= 0.6 is 11.6 Å². The molecule has 1 atom stereocenters. The highest BCUT2D eigenvalue weighted by atomic mass is 35.5. The molecule has 20 heavy (non-hydrogen) atoms. The van der Waals surface area contributed by atoms with Crippen LogP contribution < -0.4 is 10.6 Å². The van der Waals surface area contributed by atoms with Gasteiger partial charge in [-0.2, -0.15) is 0 Å². The molecule has 0 aromatic heterocycles. The first-order chi connectivity index (χ1) is 9.58. The van der Waals surface area contributed by atoms with E-state index in [1.165, 1.54) is 31.4 Å². The summed E-state index contributed by atoms with van der Waals surface area (Å²) in [5.41, 5.74) is 0.491. The second kappa shape index (κ2) is 5.26. The lowest BCUT2D eigenvalue weighted by atomic mass is 9.70. The van der Waals surface area contributed by atoms with Gasteiger partial charge in [0.15, 0.2) is 0 Å². The highest BCUT2D eigenvalue weighted by Crippen LogP contribution is 2.38. The number of phenols is 1. The molecule has 1 aromatic rings. The Morgan fingerprint density at radius 3 is 2.95 bits per heavy atom. The largest absolute Gasteiger partial charge is 0.507 e. The molecule has 4 nitrogen and oxygen atoms in total. The van der Waals surface area contributed by atoms with E-state index in [1.807, 2.05) is 0 Å². The zero-order valence-corrected chi connectivity index (χ0v) is 12.0. The van der Waals surface area contributed by atoms with Gasteiger partial charge in [-0.3, -0.25) is 4.79 Å². The summed E-state index contributed by atoms with van der Waals surface area (Å²) in [6.07, 6.45) is 5.56. The Labute approximate surface area is 123 Å². The zero-order valence-electron chi connectivity index (χ0n) is 11.3. The quantitative estimate of drug-likeness (QED) is 0.785.